The molecule has 26 heavy (non-hydrogen) atoms. The summed E-state index contributed by atoms with van der Waals surface area (Å²) >= 11 is 5.99. The minimum absolute atomic E-state index is 0.144. The van der Waals surface area contributed by atoms with Gasteiger partial charge in [0.15, 0.2) is 0 Å². The van der Waals surface area contributed by atoms with Crippen LogP contribution in [0.2, 0.25) is 5.02 Å². The molecule has 1 N–H and O–H groups in total. The van der Waals surface area contributed by atoms with Crippen LogP contribution in [0.3, 0.4) is 0 Å². The Balaban J connectivity index is 1.76. The normalized spacial score (nSPS) is 11.2. The van der Waals surface area contributed by atoms with E-state index >= 15 is 0 Å². The third-order valence-corrected chi connectivity index (χ3v) is 4.43. The first-order chi connectivity index (χ1) is 12.5. The van der Waals surface area contributed by atoms with Gasteiger partial charge in [0.25, 0.3) is 5.56 Å². The van der Waals surface area contributed by atoms with E-state index in [1.165, 1.54) is 10.9 Å². The number of amides is 1. The fourth-order valence-electron chi connectivity index (χ4n) is 2.90. The van der Waals surface area contributed by atoms with Crippen molar-refractivity contribution in [2.75, 3.05) is 5.32 Å². The number of carbonyl (C=O) groups excluding carboxylic acids is 1. The molecule has 4 aromatic rings. The lowest BCUT2D eigenvalue weighted by Crippen LogP contribution is -2.29. The Labute approximate surface area is 152 Å². The molecule has 0 radical (unpaired) electrons. The lowest BCUT2D eigenvalue weighted by atomic mass is 10.2. The van der Waals surface area contributed by atoms with Crippen molar-refractivity contribution in [2.45, 2.75) is 13.5 Å². The second-order valence-electron chi connectivity index (χ2n) is 5.91. The highest BCUT2D eigenvalue weighted by Gasteiger charge is 2.15. The van der Waals surface area contributed by atoms with Gasteiger partial charge >= 0.3 is 0 Å². The number of carbonyl (C=O) groups is 1. The second kappa shape index (κ2) is 6.27. The van der Waals surface area contributed by atoms with Gasteiger partial charge in [-0.15, -0.1) is 10.2 Å². The molecule has 0 fully saturated rings. The molecule has 130 valence electrons. The minimum Gasteiger partial charge on any atom is -0.324 e. The van der Waals surface area contributed by atoms with E-state index in [0.29, 0.717) is 16.2 Å². The summed E-state index contributed by atoms with van der Waals surface area (Å²) in [5, 5.41) is 11.0. The van der Waals surface area contributed by atoms with Crippen molar-refractivity contribution in [3.8, 4) is 0 Å². The largest absolute Gasteiger partial charge is 0.324 e. The molecular weight excluding hydrogens is 354 g/mol. The highest BCUT2D eigenvalue weighted by molar-refractivity contribution is 6.31. The van der Waals surface area contributed by atoms with Gasteiger partial charge in [-0.2, -0.15) is 0 Å². The Morgan fingerprint density at radius 1 is 1.19 bits per heavy atom. The predicted molar refractivity (Wildman–Crippen MR) is 99.6 cm³/mol. The Hall–Kier alpha value is -3.19. The molecule has 0 saturated heterocycles. The average Bonchev–Trinajstić information content (AvgIpc) is 3.12. The summed E-state index contributed by atoms with van der Waals surface area (Å²) in [6.07, 6.45) is 1.48. The van der Waals surface area contributed by atoms with Crippen LogP contribution in [0, 0.1) is 6.92 Å². The molecule has 0 aliphatic rings. The maximum atomic E-state index is 12.8. The van der Waals surface area contributed by atoms with E-state index in [1.807, 2.05) is 31.2 Å². The Morgan fingerprint density at radius 3 is 2.77 bits per heavy atom. The number of rotatable bonds is 3. The number of halogens is 1. The zero-order chi connectivity index (χ0) is 18.3. The first-order valence-electron chi connectivity index (χ1n) is 7.92. The highest BCUT2D eigenvalue weighted by atomic mass is 35.5. The van der Waals surface area contributed by atoms with Crippen LogP contribution < -0.4 is 10.9 Å². The van der Waals surface area contributed by atoms with Crippen molar-refractivity contribution in [3.05, 3.63) is 69.7 Å². The summed E-state index contributed by atoms with van der Waals surface area (Å²) in [6.45, 7) is 1.73. The molecule has 2 aromatic carbocycles. The van der Waals surface area contributed by atoms with Crippen molar-refractivity contribution >= 4 is 39.9 Å². The molecular formula is C18H14ClN5O2. The van der Waals surface area contributed by atoms with Gasteiger partial charge in [-0.05, 0) is 36.8 Å². The van der Waals surface area contributed by atoms with Crippen LogP contribution in [0.4, 0.5) is 5.69 Å². The summed E-state index contributed by atoms with van der Waals surface area (Å²) in [6, 6.07) is 12.6. The monoisotopic (exact) mass is 367 g/mol. The van der Waals surface area contributed by atoms with Crippen LogP contribution in [0.25, 0.3) is 16.7 Å². The Kier molecular flexibility index (Phi) is 3.93. The standard InChI is InChI=1S/C18H14ClN5O2/c1-11-6-7-12(19)8-13(11)21-16(25)9-23-14-4-2-3-5-15(14)24-10-20-22-17(24)18(23)26/h2-8,10H,9H2,1H3,(H,21,25). The van der Waals surface area contributed by atoms with E-state index in [1.54, 1.807) is 22.6 Å². The summed E-state index contributed by atoms with van der Waals surface area (Å²) in [5.41, 5.74) is 2.67. The minimum atomic E-state index is -0.376. The van der Waals surface area contributed by atoms with Crippen molar-refractivity contribution < 1.29 is 4.79 Å². The van der Waals surface area contributed by atoms with Crippen molar-refractivity contribution in [3.63, 3.8) is 0 Å². The number of nitrogens with one attached hydrogen (secondary N) is 1. The van der Waals surface area contributed by atoms with Gasteiger partial charge in [-0.3, -0.25) is 18.6 Å². The van der Waals surface area contributed by atoms with E-state index < -0.39 is 0 Å². The smallest absolute Gasteiger partial charge is 0.297 e. The van der Waals surface area contributed by atoms with Crippen molar-refractivity contribution in [1.82, 2.24) is 19.2 Å². The van der Waals surface area contributed by atoms with Gasteiger partial charge in [-0.25, -0.2) is 0 Å². The van der Waals surface area contributed by atoms with Gasteiger partial charge in [0.1, 0.15) is 12.9 Å². The number of hydrogen-bond acceptors (Lipinski definition) is 4. The molecule has 1 amide bonds. The maximum Gasteiger partial charge on any atom is 0.297 e. The molecule has 0 spiro atoms. The summed E-state index contributed by atoms with van der Waals surface area (Å²) in [7, 11) is 0. The van der Waals surface area contributed by atoms with Crippen LogP contribution in [0.5, 0.6) is 0 Å². The number of aryl methyl sites for hydroxylation is 1. The Morgan fingerprint density at radius 2 is 1.96 bits per heavy atom. The quantitative estimate of drug-likeness (QED) is 0.603. The molecule has 0 unspecified atom stereocenters. The predicted octanol–water partition coefficient (Wildman–Crippen LogP) is 2.64. The van der Waals surface area contributed by atoms with Crippen LogP contribution >= 0.6 is 11.6 Å². The molecule has 8 heteroatoms. The third-order valence-electron chi connectivity index (χ3n) is 4.19. The molecule has 2 aromatic heterocycles. The summed E-state index contributed by atoms with van der Waals surface area (Å²) < 4.78 is 3.02. The van der Waals surface area contributed by atoms with E-state index in [0.717, 1.165) is 11.1 Å². The van der Waals surface area contributed by atoms with Gasteiger partial charge in [-0.1, -0.05) is 29.8 Å². The number of hydrogen-bond donors (Lipinski definition) is 1. The van der Waals surface area contributed by atoms with Crippen molar-refractivity contribution in [1.29, 1.82) is 0 Å². The molecule has 0 saturated carbocycles. The van der Waals surface area contributed by atoms with E-state index in [-0.39, 0.29) is 23.7 Å². The van der Waals surface area contributed by atoms with E-state index in [9.17, 15) is 9.59 Å². The fourth-order valence-corrected chi connectivity index (χ4v) is 3.07. The maximum absolute atomic E-state index is 12.8. The summed E-state index contributed by atoms with van der Waals surface area (Å²) in [4.78, 5) is 25.3. The highest BCUT2D eigenvalue weighted by Crippen LogP contribution is 2.20. The topological polar surface area (TPSA) is 81.3 Å². The molecule has 0 bridgehead atoms. The second-order valence-corrected chi connectivity index (χ2v) is 6.35. The first kappa shape index (κ1) is 16.3. The van der Waals surface area contributed by atoms with Crippen LogP contribution in [0.1, 0.15) is 5.56 Å². The van der Waals surface area contributed by atoms with Crippen LogP contribution in [-0.4, -0.2) is 25.1 Å². The number of para-hydroxylation sites is 2. The SMILES string of the molecule is Cc1ccc(Cl)cc1NC(=O)Cn1c(=O)c2nncn2c2ccccc21. The number of aromatic nitrogens is 4. The number of benzene rings is 2. The number of fused-ring (bicyclic) bond motifs is 3. The number of anilines is 1. The third kappa shape index (κ3) is 2.72. The first-order valence-corrected chi connectivity index (χ1v) is 8.29. The molecule has 2 heterocycles. The lowest BCUT2D eigenvalue weighted by Gasteiger charge is -2.13. The summed E-state index contributed by atoms with van der Waals surface area (Å²) in [5.74, 6) is -0.327. The number of nitrogens with zero attached hydrogens (tertiary/aromatic N) is 4. The Bertz CT molecular complexity index is 1210. The van der Waals surface area contributed by atoms with Gasteiger partial charge < -0.3 is 5.32 Å². The lowest BCUT2D eigenvalue weighted by molar-refractivity contribution is -0.116. The fraction of sp³-hybridized carbons (Fsp3) is 0.111. The van der Waals surface area contributed by atoms with Crippen LogP contribution in [0.15, 0.2) is 53.6 Å². The van der Waals surface area contributed by atoms with Crippen molar-refractivity contribution in [2.24, 2.45) is 0 Å². The molecule has 0 aliphatic carbocycles. The van der Waals surface area contributed by atoms with Gasteiger partial charge in [0.05, 0.1) is 11.0 Å². The van der Waals surface area contributed by atoms with Gasteiger partial charge in [0.2, 0.25) is 11.6 Å². The molecule has 4 rings (SSSR count). The average molecular weight is 368 g/mol. The van der Waals surface area contributed by atoms with Gasteiger partial charge in [0, 0.05) is 10.7 Å². The molecule has 0 atom stereocenters. The molecule has 0 aliphatic heterocycles. The van der Waals surface area contributed by atoms with E-state index in [2.05, 4.69) is 15.5 Å². The van der Waals surface area contributed by atoms with E-state index in [4.69, 9.17) is 11.6 Å². The zero-order valence-electron chi connectivity index (χ0n) is 13.8. The zero-order valence-corrected chi connectivity index (χ0v) is 14.6. The molecule has 7 nitrogen and oxygen atoms in total. The van der Waals surface area contributed by atoms with Crippen LogP contribution in [-0.2, 0) is 11.3 Å².